The van der Waals surface area contributed by atoms with Gasteiger partial charge in [-0.15, -0.1) is 11.8 Å². The Morgan fingerprint density at radius 3 is 2.20 bits per heavy atom. The number of carbonyl (C=O) groups excluding carboxylic acids is 2. The summed E-state index contributed by atoms with van der Waals surface area (Å²) in [6.07, 6.45) is -0.368. The van der Waals surface area contributed by atoms with Gasteiger partial charge in [0.05, 0.1) is 0 Å². The van der Waals surface area contributed by atoms with Crippen molar-refractivity contribution in [2.45, 2.75) is 24.9 Å². The molecule has 9 nitrogen and oxygen atoms in total. The summed E-state index contributed by atoms with van der Waals surface area (Å²) < 4.78 is -0.239. The van der Waals surface area contributed by atoms with Gasteiger partial charge >= 0.3 is 11.9 Å². The topological polar surface area (TPSA) is 159 Å². The summed E-state index contributed by atoms with van der Waals surface area (Å²) in [5.74, 6) is -4.00. The number of rotatable bonds is 11. The molecule has 0 aromatic carbocycles. The number of nitrogens with one attached hydrogen (secondary N) is 2. The summed E-state index contributed by atoms with van der Waals surface area (Å²) in [5, 5.41) is 21.7. The highest BCUT2D eigenvalue weighted by Gasteiger charge is 2.23. The third-order valence-corrected chi connectivity index (χ3v) is 4.86. The van der Waals surface area contributed by atoms with Crippen LogP contribution >= 0.6 is 46.6 Å². The summed E-state index contributed by atoms with van der Waals surface area (Å²) >= 11 is 17.5. The van der Waals surface area contributed by atoms with Crippen molar-refractivity contribution in [2.24, 2.45) is 5.73 Å². The highest BCUT2D eigenvalue weighted by Crippen LogP contribution is 2.29. The molecular weight excluding hydrogens is 421 g/mol. The van der Waals surface area contributed by atoms with Gasteiger partial charge in [-0.3, -0.25) is 19.2 Å². The lowest BCUT2D eigenvalue weighted by molar-refractivity contribution is -0.139. The van der Waals surface area contributed by atoms with Crippen LogP contribution < -0.4 is 16.4 Å². The van der Waals surface area contributed by atoms with Crippen molar-refractivity contribution >= 4 is 70.3 Å². The highest BCUT2D eigenvalue weighted by atomic mass is 35.5. The zero-order chi connectivity index (χ0) is 19.6. The molecule has 0 radical (unpaired) electrons. The first-order chi connectivity index (χ1) is 11.5. The van der Waals surface area contributed by atoms with Gasteiger partial charge in [-0.2, -0.15) is 0 Å². The molecule has 2 unspecified atom stereocenters. The van der Waals surface area contributed by atoms with Gasteiger partial charge in [0, 0.05) is 12.2 Å². The van der Waals surface area contributed by atoms with Crippen LogP contribution in [0.2, 0.25) is 0 Å². The number of aliphatic carboxylic acids is 2. The van der Waals surface area contributed by atoms with Gasteiger partial charge in [0.25, 0.3) is 0 Å². The molecule has 0 aromatic heterocycles. The lowest BCUT2D eigenvalue weighted by atomic mass is 10.1. The number of carbonyl (C=O) groups is 4. The van der Waals surface area contributed by atoms with Gasteiger partial charge in [-0.05, 0) is 6.42 Å². The van der Waals surface area contributed by atoms with Crippen molar-refractivity contribution in [1.82, 2.24) is 10.6 Å². The van der Waals surface area contributed by atoms with E-state index in [9.17, 15) is 19.2 Å². The van der Waals surface area contributed by atoms with Crippen molar-refractivity contribution in [3.8, 4) is 0 Å². The summed E-state index contributed by atoms with van der Waals surface area (Å²) in [6.45, 7) is -0.639. The molecule has 0 bridgehead atoms. The molecule has 0 aliphatic rings. The van der Waals surface area contributed by atoms with Crippen LogP contribution in [0.25, 0.3) is 0 Å². The molecule has 2 atom stereocenters. The zero-order valence-electron chi connectivity index (χ0n) is 12.6. The SMILES string of the molecule is NC(CCC(=O)NC(CSC(Cl)=C(Cl)Cl)C(=O)NCC(=O)O)C(=O)O. The van der Waals surface area contributed by atoms with Crippen molar-refractivity contribution < 1.29 is 29.4 Å². The van der Waals surface area contributed by atoms with Crippen LogP contribution in [0, 0.1) is 0 Å². The standard InChI is InChI=1S/C12H16Cl3N3O6S/c13-9(14)10(15)25-4-6(11(22)17-3-8(20)21)18-7(19)2-1-5(16)12(23)24/h5-6H,1-4,16H2,(H,17,22)(H,18,19)(H,20,21)(H,23,24). The van der Waals surface area contributed by atoms with Gasteiger partial charge < -0.3 is 26.6 Å². The molecule has 142 valence electrons. The molecule has 0 saturated heterocycles. The number of thioether (sulfide) groups is 1. The van der Waals surface area contributed by atoms with E-state index in [1.807, 2.05) is 0 Å². The molecule has 0 fully saturated rings. The predicted molar refractivity (Wildman–Crippen MR) is 94.5 cm³/mol. The maximum atomic E-state index is 12.0. The van der Waals surface area contributed by atoms with E-state index in [1.165, 1.54) is 0 Å². The minimum absolute atomic E-state index is 0.0125. The summed E-state index contributed by atoms with van der Waals surface area (Å²) in [6, 6.07) is -2.36. The van der Waals surface area contributed by atoms with Crippen LogP contribution in [0.1, 0.15) is 12.8 Å². The van der Waals surface area contributed by atoms with Gasteiger partial charge in [0.1, 0.15) is 27.5 Å². The fourth-order valence-electron chi connectivity index (χ4n) is 1.36. The smallest absolute Gasteiger partial charge is 0.322 e. The number of hydrogen-bond donors (Lipinski definition) is 5. The van der Waals surface area contributed by atoms with E-state index in [0.717, 1.165) is 11.8 Å². The van der Waals surface area contributed by atoms with Crippen LogP contribution in [-0.2, 0) is 19.2 Å². The molecular formula is C12H16Cl3N3O6S. The minimum Gasteiger partial charge on any atom is -0.480 e. The van der Waals surface area contributed by atoms with Crippen LogP contribution in [0.3, 0.4) is 0 Å². The molecule has 0 aliphatic carbocycles. The molecule has 13 heteroatoms. The van der Waals surface area contributed by atoms with Gasteiger partial charge in [0.15, 0.2) is 0 Å². The average Bonchev–Trinajstić information content (AvgIpc) is 2.53. The maximum absolute atomic E-state index is 12.0. The first-order valence-electron chi connectivity index (χ1n) is 6.65. The monoisotopic (exact) mass is 435 g/mol. The molecule has 0 rings (SSSR count). The van der Waals surface area contributed by atoms with Gasteiger partial charge in [-0.25, -0.2) is 0 Å². The Kier molecular flexibility index (Phi) is 11.6. The van der Waals surface area contributed by atoms with E-state index in [0.29, 0.717) is 0 Å². The zero-order valence-corrected chi connectivity index (χ0v) is 15.7. The predicted octanol–water partition coefficient (Wildman–Crippen LogP) is 0.440. The number of nitrogens with two attached hydrogens (primary N) is 1. The van der Waals surface area contributed by atoms with Crippen LogP contribution in [0.15, 0.2) is 8.86 Å². The molecule has 0 aliphatic heterocycles. The van der Waals surface area contributed by atoms with Crippen molar-refractivity contribution in [1.29, 1.82) is 0 Å². The Balaban J connectivity index is 4.78. The van der Waals surface area contributed by atoms with E-state index in [4.69, 9.17) is 50.7 Å². The Hall–Kier alpha value is -1.20. The van der Waals surface area contributed by atoms with Crippen molar-refractivity contribution in [3.63, 3.8) is 0 Å². The van der Waals surface area contributed by atoms with Crippen LogP contribution in [0.5, 0.6) is 0 Å². The number of carboxylic acids is 2. The molecule has 2 amide bonds. The van der Waals surface area contributed by atoms with E-state index in [-0.39, 0.29) is 27.5 Å². The lowest BCUT2D eigenvalue weighted by Crippen LogP contribution is -2.49. The van der Waals surface area contributed by atoms with Crippen molar-refractivity contribution in [2.75, 3.05) is 12.3 Å². The van der Waals surface area contributed by atoms with Crippen LogP contribution in [-0.4, -0.2) is 58.3 Å². The second-order valence-electron chi connectivity index (χ2n) is 4.56. The Bertz CT molecular complexity index is 556. The summed E-state index contributed by atoms with van der Waals surface area (Å²) in [4.78, 5) is 44.9. The number of hydrogen-bond acceptors (Lipinski definition) is 6. The molecule has 25 heavy (non-hydrogen) atoms. The second kappa shape index (κ2) is 12.2. The Labute approximate surface area is 162 Å². The third-order valence-electron chi connectivity index (χ3n) is 2.59. The minimum atomic E-state index is -1.26. The maximum Gasteiger partial charge on any atom is 0.322 e. The van der Waals surface area contributed by atoms with E-state index in [1.54, 1.807) is 0 Å². The fraction of sp³-hybridized carbons (Fsp3) is 0.500. The van der Waals surface area contributed by atoms with E-state index < -0.39 is 42.4 Å². The molecule has 0 aromatic rings. The number of carboxylic acid groups (broad SMARTS) is 2. The number of halogens is 3. The molecule has 0 spiro atoms. The van der Waals surface area contributed by atoms with E-state index >= 15 is 0 Å². The molecule has 6 N–H and O–H groups in total. The Morgan fingerprint density at radius 1 is 1.12 bits per heavy atom. The molecule has 0 saturated carbocycles. The average molecular weight is 437 g/mol. The van der Waals surface area contributed by atoms with E-state index in [2.05, 4.69) is 10.6 Å². The van der Waals surface area contributed by atoms with Gasteiger partial charge in [-0.1, -0.05) is 34.8 Å². The second-order valence-corrected chi connectivity index (χ2v) is 7.14. The summed E-state index contributed by atoms with van der Waals surface area (Å²) in [7, 11) is 0. The quantitative estimate of drug-likeness (QED) is 0.312. The normalized spacial score (nSPS) is 12.6. The van der Waals surface area contributed by atoms with Crippen molar-refractivity contribution in [3.05, 3.63) is 8.86 Å². The Morgan fingerprint density at radius 2 is 1.72 bits per heavy atom. The first kappa shape index (κ1) is 23.8. The largest absolute Gasteiger partial charge is 0.480 e. The number of amides is 2. The van der Waals surface area contributed by atoms with Gasteiger partial charge in [0.2, 0.25) is 11.8 Å². The highest BCUT2D eigenvalue weighted by molar-refractivity contribution is 8.04. The fourth-order valence-corrected chi connectivity index (χ4v) is 2.53. The first-order valence-corrected chi connectivity index (χ1v) is 8.77. The van der Waals surface area contributed by atoms with Crippen LogP contribution in [0.4, 0.5) is 0 Å². The summed E-state index contributed by atoms with van der Waals surface area (Å²) in [5.41, 5.74) is 5.29. The third kappa shape index (κ3) is 11.1. The lowest BCUT2D eigenvalue weighted by Gasteiger charge is -2.18. The molecule has 0 heterocycles.